The molecule has 0 aliphatic carbocycles. The van der Waals surface area contributed by atoms with Crippen molar-refractivity contribution >= 4 is 28.9 Å². The number of nitrogens with one attached hydrogen (secondary N) is 1. The van der Waals surface area contributed by atoms with Crippen LogP contribution in [0.25, 0.3) is 0 Å². The molecule has 0 atom stereocenters. The number of aryl methyl sites for hydroxylation is 2. The summed E-state index contributed by atoms with van der Waals surface area (Å²) in [7, 11) is 0. The van der Waals surface area contributed by atoms with Crippen LogP contribution in [0.3, 0.4) is 0 Å². The van der Waals surface area contributed by atoms with Crippen LogP contribution in [0.5, 0.6) is 0 Å². The smallest absolute Gasteiger partial charge is 0.276 e. The van der Waals surface area contributed by atoms with Crippen molar-refractivity contribution in [3.8, 4) is 0 Å². The monoisotopic (exact) mass is 388 g/mol. The van der Waals surface area contributed by atoms with Crippen molar-refractivity contribution in [1.29, 1.82) is 0 Å². The maximum absolute atomic E-state index is 12.4. The maximum Gasteiger partial charge on any atom is 0.276 e. The zero-order chi connectivity index (χ0) is 19.7. The molecule has 1 aromatic carbocycles. The normalized spacial score (nSPS) is 10.8. The summed E-state index contributed by atoms with van der Waals surface area (Å²) in [6.07, 6.45) is 1.67. The number of nitrogens with zero attached hydrogens (tertiary/aromatic N) is 5. The van der Waals surface area contributed by atoms with Gasteiger partial charge in [0.2, 0.25) is 0 Å². The summed E-state index contributed by atoms with van der Waals surface area (Å²) in [4.78, 5) is 22.7. The van der Waals surface area contributed by atoms with Crippen molar-refractivity contribution in [1.82, 2.24) is 19.6 Å². The van der Waals surface area contributed by atoms with Crippen molar-refractivity contribution in [2.45, 2.75) is 27.4 Å². The van der Waals surface area contributed by atoms with Crippen LogP contribution in [0, 0.1) is 30.9 Å². The largest absolute Gasteiger partial charge is 0.320 e. The highest BCUT2D eigenvalue weighted by Gasteiger charge is 2.15. The SMILES string of the molecule is Cc1cc([N+](=O)[O-])ccc1NC(=O)c1ccn(Cn2nc(C)c(Cl)c2C)n1. The van der Waals surface area contributed by atoms with Crippen LogP contribution in [0.15, 0.2) is 30.5 Å². The van der Waals surface area contributed by atoms with Gasteiger partial charge in [0.25, 0.3) is 11.6 Å². The second-order valence-corrected chi connectivity index (χ2v) is 6.45. The number of non-ortho nitro benzene ring substituents is 1. The number of hydrogen-bond acceptors (Lipinski definition) is 5. The fourth-order valence-electron chi connectivity index (χ4n) is 2.60. The van der Waals surface area contributed by atoms with E-state index < -0.39 is 10.8 Å². The van der Waals surface area contributed by atoms with Gasteiger partial charge < -0.3 is 5.32 Å². The molecule has 0 bridgehead atoms. The Balaban J connectivity index is 1.73. The third kappa shape index (κ3) is 3.82. The topological polar surface area (TPSA) is 108 Å². The van der Waals surface area contributed by atoms with Gasteiger partial charge in [0.15, 0.2) is 5.69 Å². The molecule has 0 radical (unpaired) electrons. The van der Waals surface area contributed by atoms with E-state index in [-0.39, 0.29) is 11.4 Å². The minimum Gasteiger partial charge on any atom is -0.320 e. The number of carbonyl (C=O) groups excluding carboxylic acids is 1. The zero-order valence-electron chi connectivity index (χ0n) is 14.9. The van der Waals surface area contributed by atoms with E-state index >= 15 is 0 Å². The standard InChI is InChI=1S/C17H17ClN6O3/c1-10-8-13(24(26)27)4-5-14(10)19-17(25)15-6-7-22(21-15)9-23-12(3)16(18)11(2)20-23/h4-8H,9H2,1-3H3,(H,19,25). The second-order valence-electron chi connectivity index (χ2n) is 6.08. The maximum atomic E-state index is 12.4. The lowest BCUT2D eigenvalue weighted by Gasteiger charge is -2.07. The third-order valence-corrected chi connectivity index (χ3v) is 4.66. The second kappa shape index (κ2) is 7.20. The lowest BCUT2D eigenvalue weighted by atomic mass is 10.1. The van der Waals surface area contributed by atoms with Gasteiger partial charge in [-0.2, -0.15) is 10.2 Å². The molecule has 0 spiro atoms. The molecule has 0 saturated carbocycles. The van der Waals surface area contributed by atoms with Crippen LogP contribution in [0.4, 0.5) is 11.4 Å². The molecule has 1 N–H and O–H groups in total. The Labute approximate surface area is 159 Å². The van der Waals surface area contributed by atoms with Crippen LogP contribution in [-0.4, -0.2) is 30.4 Å². The van der Waals surface area contributed by atoms with Gasteiger partial charge in [0.1, 0.15) is 6.67 Å². The Bertz CT molecular complexity index is 1040. The van der Waals surface area contributed by atoms with Crippen LogP contribution < -0.4 is 5.32 Å². The predicted octanol–water partition coefficient (Wildman–Crippen LogP) is 3.32. The lowest BCUT2D eigenvalue weighted by molar-refractivity contribution is -0.384. The van der Waals surface area contributed by atoms with Gasteiger partial charge in [-0.3, -0.25) is 19.6 Å². The molecule has 9 nitrogen and oxygen atoms in total. The van der Waals surface area contributed by atoms with Crippen LogP contribution >= 0.6 is 11.6 Å². The molecule has 10 heteroatoms. The molecular weight excluding hydrogens is 372 g/mol. The first kappa shape index (κ1) is 18.6. The van der Waals surface area contributed by atoms with Gasteiger partial charge >= 0.3 is 0 Å². The minimum absolute atomic E-state index is 0.0293. The molecular formula is C17H17ClN6O3. The van der Waals surface area contributed by atoms with E-state index in [0.717, 1.165) is 11.4 Å². The van der Waals surface area contributed by atoms with E-state index in [1.165, 1.54) is 18.2 Å². The molecule has 0 aliphatic rings. The van der Waals surface area contributed by atoms with E-state index in [1.807, 2.05) is 13.8 Å². The van der Waals surface area contributed by atoms with Crippen molar-refractivity contribution in [3.05, 3.63) is 68.2 Å². The molecule has 2 aromatic heterocycles. The number of halogens is 1. The fourth-order valence-corrected chi connectivity index (χ4v) is 2.73. The zero-order valence-corrected chi connectivity index (χ0v) is 15.7. The molecule has 3 rings (SSSR count). The van der Waals surface area contributed by atoms with Crippen molar-refractivity contribution in [2.24, 2.45) is 0 Å². The highest BCUT2D eigenvalue weighted by Crippen LogP contribution is 2.22. The van der Waals surface area contributed by atoms with E-state index in [0.29, 0.717) is 22.9 Å². The number of nitro benzene ring substituents is 1. The molecule has 0 saturated heterocycles. The number of hydrogen-bond donors (Lipinski definition) is 1. The number of anilines is 1. The predicted molar refractivity (Wildman–Crippen MR) is 100 cm³/mol. The molecule has 1 amide bonds. The third-order valence-electron chi connectivity index (χ3n) is 4.11. The first-order valence-corrected chi connectivity index (χ1v) is 8.43. The number of aromatic nitrogens is 4. The molecule has 0 unspecified atom stereocenters. The number of carbonyl (C=O) groups is 1. The van der Waals surface area contributed by atoms with Crippen molar-refractivity contribution in [2.75, 3.05) is 5.32 Å². The Morgan fingerprint density at radius 3 is 2.59 bits per heavy atom. The average Bonchev–Trinajstić information content (AvgIpc) is 3.18. The van der Waals surface area contributed by atoms with Gasteiger partial charge in [-0.25, -0.2) is 4.68 Å². The first-order chi connectivity index (χ1) is 12.8. The number of nitro groups is 1. The average molecular weight is 389 g/mol. The molecule has 27 heavy (non-hydrogen) atoms. The summed E-state index contributed by atoms with van der Waals surface area (Å²) in [5.41, 5.74) is 2.82. The van der Waals surface area contributed by atoms with E-state index in [4.69, 9.17) is 11.6 Å². The van der Waals surface area contributed by atoms with Crippen LogP contribution in [0.1, 0.15) is 27.4 Å². The van der Waals surface area contributed by atoms with Crippen LogP contribution in [-0.2, 0) is 6.67 Å². The lowest BCUT2D eigenvalue weighted by Crippen LogP contribution is -2.16. The van der Waals surface area contributed by atoms with Crippen molar-refractivity contribution < 1.29 is 9.72 Å². The summed E-state index contributed by atoms with van der Waals surface area (Å²) >= 11 is 6.14. The number of rotatable bonds is 5. The molecule has 140 valence electrons. The highest BCUT2D eigenvalue weighted by atomic mass is 35.5. The van der Waals surface area contributed by atoms with E-state index in [9.17, 15) is 14.9 Å². The number of benzene rings is 1. The van der Waals surface area contributed by atoms with E-state index in [2.05, 4.69) is 15.5 Å². The summed E-state index contributed by atoms with van der Waals surface area (Å²) in [5, 5.41) is 22.7. The summed E-state index contributed by atoms with van der Waals surface area (Å²) in [6.45, 7) is 5.69. The van der Waals surface area contributed by atoms with Gasteiger partial charge in [0.05, 0.1) is 21.3 Å². The summed E-state index contributed by atoms with van der Waals surface area (Å²) in [5.74, 6) is -0.405. The molecule has 3 aromatic rings. The Morgan fingerprint density at radius 2 is 2.00 bits per heavy atom. The quantitative estimate of drug-likeness (QED) is 0.532. The van der Waals surface area contributed by atoms with Crippen LogP contribution in [0.2, 0.25) is 5.02 Å². The Morgan fingerprint density at radius 1 is 1.26 bits per heavy atom. The van der Waals surface area contributed by atoms with Gasteiger partial charge in [-0.05, 0) is 38.5 Å². The molecule has 0 aliphatic heterocycles. The van der Waals surface area contributed by atoms with E-state index in [1.54, 1.807) is 28.6 Å². The van der Waals surface area contributed by atoms with Crippen molar-refractivity contribution in [3.63, 3.8) is 0 Å². The molecule has 0 fully saturated rings. The summed E-state index contributed by atoms with van der Waals surface area (Å²) < 4.78 is 3.28. The fraction of sp³-hybridized carbons (Fsp3) is 0.235. The highest BCUT2D eigenvalue weighted by molar-refractivity contribution is 6.31. The first-order valence-electron chi connectivity index (χ1n) is 8.05. The van der Waals surface area contributed by atoms with Gasteiger partial charge in [-0.1, -0.05) is 11.6 Å². The Hall–Kier alpha value is -3.20. The Kier molecular flexibility index (Phi) is 4.95. The molecule has 2 heterocycles. The van der Waals surface area contributed by atoms with Gasteiger partial charge in [0, 0.05) is 24.0 Å². The number of amides is 1. The van der Waals surface area contributed by atoms with Gasteiger partial charge in [-0.15, -0.1) is 0 Å². The summed E-state index contributed by atoms with van der Waals surface area (Å²) in [6, 6.07) is 5.83. The minimum atomic E-state index is -0.481.